The third-order valence-corrected chi connectivity index (χ3v) is 8.62. The van der Waals surface area contributed by atoms with Crippen molar-refractivity contribution < 1.29 is 88.7 Å². The van der Waals surface area contributed by atoms with Crippen molar-refractivity contribution in [1.82, 2.24) is 0 Å². The Labute approximate surface area is 284 Å². The molecule has 0 aromatic heterocycles. The molecule has 3 fully saturated rings. The fraction of sp³-hybridized carbons (Fsp3) is 0.562. The summed E-state index contributed by atoms with van der Waals surface area (Å²) in [5, 5.41) is 94.5. The molecule has 0 bridgehead atoms. The molecule has 2 aromatic carbocycles. The summed E-state index contributed by atoms with van der Waals surface area (Å²) in [5.41, 5.74) is 0.0995. The Hall–Kier alpha value is -3.18. The largest absolute Gasteiger partial charge is 0.453 e. The van der Waals surface area contributed by atoms with E-state index in [1.165, 1.54) is 24.3 Å². The van der Waals surface area contributed by atoms with Crippen molar-refractivity contribution >= 4 is 11.9 Å². The smallest absolute Gasteiger partial charge is 0.338 e. The highest BCUT2D eigenvalue weighted by molar-refractivity contribution is 5.90. The second-order valence-electron chi connectivity index (χ2n) is 11.9. The summed E-state index contributed by atoms with van der Waals surface area (Å²) >= 11 is 0. The van der Waals surface area contributed by atoms with E-state index in [-0.39, 0.29) is 11.1 Å². The Morgan fingerprint density at radius 3 is 1.68 bits per heavy atom. The van der Waals surface area contributed by atoms with E-state index in [0.717, 1.165) is 0 Å². The fourth-order valence-electron chi connectivity index (χ4n) is 5.89. The first-order valence-corrected chi connectivity index (χ1v) is 15.7. The van der Waals surface area contributed by atoms with E-state index >= 15 is 0 Å². The Kier molecular flexibility index (Phi) is 12.5. The van der Waals surface area contributed by atoms with Crippen molar-refractivity contribution in [2.45, 2.75) is 85.5 Å². The summed E-state index contributed by atoms with van der Waals surface area (Å²) in [6.07, 6.45) is -23.5. The van der Waals surface area contributed by atoms with Crippen LogP contribution in [0.4, 0.5) is 0 Å². The summed E-state index contributed by atoms with van der Waals surface area (Å²) in [5.74, 6) is -4.49. The molecular weight excluding hydrogens is 672 g/mol. The Balaban J connectivity index is 1.49. The van der Waals surface area contributed by atoms with Gasteiger partial charge in [0.05, 0.1) is 30.9 Å². The van der Waals surface area contributed by atoms with Gasteiger partial charge in [0, 0.05) is 0 Å². The van der Waals surface area contributed by atoms with E-state index in [1.54, 1.807) is 36.4 Å². The van der Waals surface area contributed by atoms with Gasteiger partial charge in [0.2, 0.25) is 5.79 Å². The third kappa shape index (κ3) is 7.69. The van der Waals surface area contributed by atoms with Gasteiger partial charge < -0.3 is 79.1 Å². The van der Waals surface area contributed by atoms with Crippen LogP contribution in [0.1, 0.15) is 20.7 Å². The molecule has 2 aromatic rings. The molecule has 5 rings (SSSR count). The number of benzene rings is 2. The quantitative estimate of drug-likeness (QED) is 0.0953. The van der Waals surface area contributed by atoms with Crippen LogP contribution in [0, 0.1) is 0 Å². The first-order valence-electron chi connectivity index (χ1n) is 15.7. The molecule has 0 saturated carbocycles. The van der Waals surface area contributed by atoms with Gasteiger partial charge in [-0.2, -0.15) is 0 Å². The van der Waals surface area contributed by atoms with Gasteiger partial charge in [0.15, 0.2) is 24.8 Å². The zero-order chi connectivity index (χ0) is 36.2. The highest BCUT2D eigenvalue weighted by Crippen LogP contribution is 2.40. The van der Waals surface area contributed by atoms with Gasteiger partial charge in [-0.1, -0.05) is 36.4 Å². The number of esters is 2. The molecule has 3 saturated heterocycles. The van der Waals surface area contributed by atoms with E-state index in [9.17, 15) is 55.5 Å². The van der Waals surface area contributed by atoms with Gasteiger partial charge in [-0.05, 0) is 24.3 Å². The topological polar surface area (TPSA) is 281 Å². The number of hydrogen-bond acceptors (Lipinski definition) is 18. The van der Waals surface area contributed by atoms with Crippen LogP contribution in [-0.2, 0) is 33.2 Å². The molecule has 3 heterocycles. The van der Waals surface area contributed by atoms with Crippen molar-refractivity contribution in [3.05, 3.63) is 71.8 Å². The molecule has 0 aliphatic carbocycles. The van der Waals surface area contributed by atoms with Crippen molar-refractivity contribution in [3.8, 4) is 0 Å². The van der Waals surface area contributed by atoms with Crippen LogP contribution in [0.15, 0.2) is 60.7 Å². The number of hydrogen-bond donors (Lipinski definition) is 9. The second kappa shape index (κ2) is 16.4. The lowest BCUT2D eigenvalue weighted by molar-refractivity contribution is -0.407. The predicted molar refractivity (Wildman–Crippen MR) is 161 cm³/mol. The van der Waals surface area contributed by atoms with Crippen LogP contribution in [0.25, 0.3) is 0 Å². The molecule has 18 heteroatoms. The molecule has 3 aliphatic rings. The van der Waals surface area contributed by atoms with E-state index in [4.69, 9.17) is 33.2 Å². The SMILES string of the molecule is O=C(O[C@H]1[C@H](O)[C@@H](O[C@@H]2O[C@H](CO)[C@@H](O)[C@H](O)[C@H]2O)[C@H](O[C@]2(CO)O[C@H](CO)[C@@H](O)[C@@H]2OC(=O)c2ccccc2)O[C@@H]1CO)c1ccccc1. The zero-order valence-electron chi connectivity index (χ0n) is 26.3. The van der Waals surface area contributed by atoms with Crippen LogP contribution in [0.5, 0.6) is 0 Å². The van der Waals surface area contributed by atoms with E-state index in [0.29, 0.717) is 0 Å². The number of aliphatic hydroxyl groups excluding tert-OH is 9. The first-order chi connectivity index (χ1) is 24.0. The average molecular weight is 713 g/mol. The summed E-state index contributed by atoms with van der Waals surface area (Å²) in [6, 6.07) is 15.1. The van der Waals surface area contributed by atoms with Gasteiger partial charge >= 0.3 is 11.9 Å². The number of carbonyl (C=O) groups excluding carboxylic acids is 2. The lowest BCUT2D eigenvalue weighted by atomic mass is 9.96. The van der Waals surface area contributed by atoms with Crippen LogP contribution in [-0.4, -0.2) is 170 Å². The van der Waals surface area contributed by atoms with E-state index in [2.05, 4.69) is 0 Å². The number of ether oxygens (including phenoxy) is 7. The van der Waals surface area contributed by atoms with Gasteiger partial charge in [-0.15, -0.1) is 0 Å². The van der Waals surface area contributed by atoms with Crippen LogP contribution in [0.3, 0.4) is 0 Å². The maximum atomic E-state index is 13.1. The predicted octanol–water partition coefficient (Wildman–Crippen LogP) is -3.84. The van der Waals surface area contributed by atoms with Gasteiger partial charge in [0.25, 0.3) is 0 Å². The lowest BCUT2D eigenvalue weighted by Gasteiger charge is -2.48. The highest BCUT2D eigenvalue weighted by Gasteiger charge is 2.62. The molecule has 0 unspecified atom stereocenters. The molecular formula is C32H40O18. The first kappa shape index (κ1) is 38.1. The van der Waals surface area contributed by atoms with E-state index < -0.39 is 124 Å². The van der Waals surface area contributed by atoms with E-state index in [1.807, 2.05) is 0 Å². The Bertz CT molecular complexity index is 1400. The summed E-state index contributed by atoms with van der Waals surface area (Å²) in [4.78, 5) is 26.1. The molecule has 18 nitrogen and oxygen atoms in total. The molecule has 14 atom stereocenters. The van der Waals surface area contributed by atoms with Gasteiger partial charge in [-0.25, -0.2) is 9.59 Å². The molecule has 50 heavy (non-hydrogen) atoms. The molecule has 0 radical (unpaired) electrons. The maximum absolute atomic E-state index is 13.1. The number of rotatable bonds is 12. The normalized spacial score (nSPS) is 38.8. The molecule has 9 N–H and O–H groups in total. The number of aliphatic hydroxyl groups is 9. The van der Waals surface area contributed by atoms with Gasteiger partial charge in [-0.3, -0.25) is 0 Å². The minimum Gasteiger partial charge on any atom is -0.453 e. The minimum atomic E-state index is -2.55. The van der Waals surface area contributed by atoms with Crippen molar-refractivity contribution in [3.63, 3.8) is 0 Å². The Morgan fingerprint density at radius 1 is 0.600 bits per heavy atom. The maximum Gasteiger partial charge on any atom is 0.338 e. The standard InChI is InChI=1S/C32H40O18/c33-11-17-20(37)22(39)23(40)30(44-17)47-26-24(41)25(46-28(42)15-7-3-1-4-8-15)19(13-35)45-31(26)50-32(14-36)27(21(38)18(12-34)49-32)48-29(43)16-9-5-2-6-10-16/h1-10,17-27,30-31,33-41H,11-14H2/t17-,18-,19-,20-,21-,22+,23-,24+,25-,26-,27+,30+,31+,32+/m1/s1. The zero-order valence-corrected chi connectivity index (χ0v) is 26.3. The number of carbonyl (C=O) groups is 2. The monoisotopic (exact) mass is 712 g/mol. The molecule has 3 aliphatic heterocycles. The average Bonchev–Trinajstić information content (AvgIpc) is 3.40. The lowest BCUT2D eigenvalue weighted by Crippen LogP contribution is -2.67. The minimum absolute atomic E-state index is 0.0376. The summed E-state index contributed by atoms with van der Waals surface area (Å²) in [7, 11) is 0. The molecule has 276 valence electrons. The van der Waals surface area contributed by atoms with Crippen molar-refractivity contribution in [2.75, 3.05) is 26.4 Å². The van der Waals surface area contributed by atoms with Crippen LogP contribution >= 0.6 is 0 Å². The molecule has 0 amide bonds. The van der Waals surface area contributed by atoms with Crippen LogP contribution < -0.4 is 0 Å². The van der Waals surface area contributed by atoms with Crippen molar-refractivity contribution in [1.29, 1.82) is 0 Å². The fourth-order valence-corrected chi connectivity index (χ4v) is 5.89. The molecule has 0 spiro atoms. The third-order valence-electron chi connectivity index (χ3n) is 8.62. The van der Waals surface area contributed by atoms with Crippen molar-refractivity contribution in [2.24, 2.45) is 0 Å². The highest BCUT2D eigenvalue weighted by atomic mass is 16.8. The Morgan fingerprint density at radius 2 is 1.14 bits per heavy atom. The summed E-state index contributed by atoms with van der Waals surface area (Å²) < 4.78 is 39.8. The second-order valence-corrected chi connectivity index (χ2v) is 11.9. The summed E-state index contributed by atoms with van der Waals surface area (Å²) in [6.45, 7) is -3.76. The van der Waals surface area contributed by atoms with Crippen LogP contribution in [0.2, 0.25) is 0 Å². The van der Waals surface area contributed by atoms with Gasteiger partial charge in [0.1, 0.15) is 61.5 Å².